The Balaban J connectivity index is 1.39. The number of fused-ring (bicyclic) bond motifs is 1. The summed E-state index contributed by atoms with van der Waals surface area (Å²) in [7, 11) is -5.54. The topological polar surface area (TPSA) is 96.4 Å². The number of pyridine rings is 1. The lowest BCUT2D eigenvalue weighted by Crippen LogP contribution is -2.35. The van der Waals surface area contributed by atoms with Crippen LogP contribution in [0.1, 0.15) is 12.0 Å². The molecule has 2 aliphatic rings. The first kappa shape index (κ1) is 22.6. The molecule has 7 nitrogen and oxygen atoms in total. The van der Waals surface area contributed by atoms with Gasteiger partial charge in [-0.3, -0.25) is 9.78 Å². The second-order valence-corrected chi connectivity index (χ2v) is 10.5. The summed E-state index contributed by atoms with van der Waals surface area (Å²) in [6, 6.07) is 9.87. The summed E-state index contributed by atoms with van der Waals surface area (Å²) < 4.78 is 61.4. The fourth-order valence-electron chi connectivity index (χ4n) is 4.39. The van der Waals surface area contributed by atoms with Crippen LogP contribution in [0.3, 0.4) is 0 Å². The molecule has 2 atom stereocenters. The van der Waals surface area contributed by atoms with E-state index in [1.54, 1.807) is 24.4 Å². The molecule has 1 aliphatic heterocycles. The Labute approximate surface area is 196 Å². The van der Waals surface area contributed by atoms with Gasteiger partial charge in [0.05, 0.1) is 21.1 Å². The fraction of sp³-hybridized carbons (Fsp3) is 0.227. The molecular weight excluding hydrogens is 495 g/mol. The maximum Gasteiger partial charge on any atom is 0.501 e. The first-order valence-electron chi connectivity index (χ1n) is 10.1. The summed E-state index contributed by atoms with van der Waals surface area (Å²) in [4.78, 5) is 29.9. The Bertz CT molecular complexity index is 1460. The number of amides is 3. The highest BCUT2D eigenvalue weighted by molar-refractivity contribution is 7.92. The first-order chi connectivity index (χ1) is 16.0. The van der Waals surface area contributed by atoms with Gasteiger partial charge in [0.2, 0.25) is 0 Å². The molecule has 1 saturated heterocycles. The number of aromatic nitrogens is 1. The fourth-order valence-corrected chi connectivity index (χ4v) is 5.44. The van der Waals surface area contributed by atoms with Crippen molar-refractivity contribution in [2.75, 3.05) is 4.90 Å². The van der Waals surface area contributed by atoms with Gasteiger partial charge in [0.1, 0.15) is 5.54 Å². The monoisotopic (exact) mass is 509 g/mol. The normalized spacial score (nSPS) is 22.5. The molecule has 2 unspecified atom stereocenters. The standard InChI is InChI=1S/C22H15ClF3N3O4S/c23-16-2-1-3-17-18(16)12(8-9-27-17)10-13-11-21(13)19(30)29(20(31)28-21)14-4-6-15(7-5-14)34(32,33)22(24,25)26/h1-9,13H,10-11H2,(H,28,31). The molecule has 12 heteroatoms. The van der Waals surface area contributed by atoms with Gasteiger partial charge in [0.25, 0.3) is 15.7 Å². The van der Waals surface area contributed by atoms with Crippen molar-refractivity contribution in [3.63, 3.8) is 0 Å². The zero-order chi connectivity index (χ0) is 24.5. The van der Waals surface area contributed by atoms with Crippen LogP contribution < -0.4 is 10.2 Å². The van der Waals surface area contributed by atoms with Crippen molar-refractivity contribution < 1.29 is 31.2 Å². The maximum absolute atomic E-state index is 13.2. The van der Waals surface area contributed by atoms with Gasteiger partial charge in [-0.15, -0.1) is 0 Å². The van der Waals surface area contributed by atoms with Crippen LogP contribution >= 0.6 is 11.6 Å². The van der Waals surface area contributed by atoms with E-state index in [0.717, 1.165) is 40.1 Å². The molecule has 2 heterocycles. The number of imide groups is 1. The number of benzene rings is 2. The molecule has 2 aromatic carbocycles. The lowest BCUT2D eigenvalue weighted by Gasteiger charge is -2.14. The van der Waals surface area contributed by atoms with Gasteiger partial charge in [0.15, 0.2) is 0 Å². The Kier molecular flexibility index (Phi) is 4.93. The number of sulfone groups is 1. The molecular formula is C22H15ClF3N3O4S. The van der Waals surface area contributed by atoms with E-state index in [-0.39, 0.29) is 11.6 Å². The van der Waals surface area contributed by atoms with E-state index in [0.29, 0.717) is 23.4 Å². The Morgan fingerprint density at radius 1 is 1.12 bits per heavy atom. The largest absolute Gasteiger partial charge is 0.501 e. The van der Waals surface area contributed by atoms with Crippen molar-refractivity contribution in [3.05, 3.63) is 65.3 Å². The van der Waals surface area contributed by atoms with E-state index in [1.807, 2.05) is 6.07 Å². The van der Waals surface area contributed by atoms with Crippen LogP contribution in [0.25, 0.3) is 10.9 Å². The minimum atomic E-state index is -5.54. The molecule has 1 aliphatic carbocycles. The van der Waals surface area contributed by atoms with Gasteiger partial charge >= 0.3 is 11.5 Å². The van der Waals surface area contributed by atoms with E-state index >= 15 is 0 Å². The van der Waals surface area contributed by atoms with E-state index < -0.39 is 37.7 Å². The van der Waals surface area contributed by atoms with Crippen molar-refractivity contribution >= 4 is 50.0 Å². The Morgan fingerprint density at radius 2 is 1.82 bits per heavy atom. The molecule has 34 heavy (non-hydrogen) atoms. The lowest BCUT2D eigenvalue weighted by molar-refractivity contribution is -0.119. The van der Waals surface area contributed by atoms with Gasteiger partial charge in [0, 0.05) is 11.6 Å². The number of carbonyl (C=O) groups is 2. The second kappa shape index (κ2) is 7.41. The smallest absolute Gasteiger partial charge is 0.322 e. The summed E-state index contributed by atoms with van der Waals surface area (Å²) in [5, 5.41) is 3.98. The number of hydrogen-bond acceptors (Lipinski definition) is 5. The van der Waals surface area contributed by atoms with Gasteiger partial charge in [-0.25, -0.2) is 18.1 Å². The third-order valence-corrected chi connectivity index (χ3v) is 8.02. The molecule has 5 rings (SSSR count). The number of halogens is 4. The predicted molar refractivity (Wildman–Crippen MR) is 117 cm³/mol. The molecule has 1 saturated carbocycles. The molecule has 1 N–H and O–H groups in total. The molecule has 1 aromatic heterocycles. The third-order valence-electron chi connectivity index (χ3n) is 6.20. The average Bonchev–Trinajstić information content (AvgIpc) is 3.39. The van der Waals surface area contributed by atoms with E-state index in [1.165, 1.54) is 0 Å². The highest BCUT2D eigenvalue weighted by Gasteiger charge is 2.67. The van der Waals surface area contributed by atoms with E-state index in [2.05, 4.69) is 10.3 Å². The number of nitrogens with one attached hydrogen (secondary N) is 1. The summed E-state index contributed by atoms with van der Waals surface area (Å²) in [5.41, 5.74) is -5.04. The summed E-state index contributed by atoms with van der Waals surface area (Å²) >= 11 is 6.35. The van der Waals surface area contributed by atoms with Crippen LogP contribution in [0.4, 0.5) is 23.7 Å². The predicted octanol–water partition coefficient (Wildman–Crippen LogP) is 4.24. The Hall–Kier alpha value is -3.18. The number of anilines is 1. The quantitative estimate of drug-likeness (QED) is 0.531. The van der Waals surface area contributed by atoms with Gasteiger partial charge in [-0.05, 0) is 66.8 Å². The second-order valence-electron chi connectivity index (χ2n) is 8.19. The minimum Gasteiger partial charge on any atom is -0.322 e. The number of urea groups is 1. The minimum absolute atomic E-state index is 0.0245. The summed E-state index contributed by atoms with van der Waals surface area (Å²) in [5.74, 6) is -0.765. The number of hydrogen-bond donors (Lipinski definition) is 1. The highest BCUT2D eigenvalue weighted by atomic mass is 35.5. The third kappa shape index (κ3) is 3.33. The average molecular weight is 510 g/mol. The number of alkyl halides is 3. The molecule has 1 spiro atoms. The van der Waals surface area contributed by atoms with Gasteiger partial charge < -0.3 is 5.32 Å². The molecule has 176 valence electrons. The van der Waals surface area contributed by atoms with Gasteiger partial charge in [-0.1, -0.05) is 17.7 Å². The number of carbonyl (C=O) groups excluding carboxylic acids is 2. The van der Waals surface area contributed by atoms with Crippen LogP contribution in [0.2, 0.25) is 5.02 Å². The lowest BCUT2D eigenvalue weighted by atomic mass is 10.0. The highest BCUT2D eigenvalue weighted by Crippen LogP contribution is 2.51. The number of nitrogens with zero attached hydrogens (tertiary/aromatic N) is 2. The Morgan fingerprint density at radius 3 is 2.50 bits per heavy atom. The van der Waals surface area contributed by atoms with Crippen LogP contribution in [0, 0.1) is 5.92 Å². The first-order valence-corrected chi connectivity index (χ1v) is 11.9. The molecule has 3 aromatic rings. The van der Waals surface area contributed by atoms with Crippen LogP contribution in [-0.2, 0) is 21.1 Å². The molecule has 3 amide bonds. The zero-order valence-electron chi connectivity index (χ0n) is 17.1. The van der Waals surface area contributed by atoms with Crippen LogP contribution in [0.15, 0.2) is 59.6 Å². The molecule has 2 fully saturated rings. The van der Waals surface area contributed by atoms with Crippen molar-refractivity contribution in [2.45, 2.75) is 28.8 Å². The summed E-state index contributed by atoms with van der Waals surface area (Å²) in [6.07, 6.45) is 2.47. The van der Waals surface area contributed by atoms with Crippen LogP contribution in [-0.4, -0.2) is 36.4 Å². The SMILES string of the molecule is O=C1NC2(CC2Cc2ccnc3cccc(Cl)c23)C(=O)N1c1ccc(S(=O)(=O)C(F)(F)F)cc1. The van der Waals surface area contributed by atoms with Crippen molar-refractivity contribution in [1.29, 1.82) is 0 Å². The van der Waals surface area contributed by atoms with Crippen LogP contribution in [0.5, 0.6) is 0 Å². The van der Waals surface area contributed by atoms with Crippen molar-refractivity contribution in [3.8, 4) is 0 Å². The zero-order valence-corrected chi connectivity index (χ0v) is 18.7. The van der Waals surface area contributed by atoms with Crippen molar-refractivity contribution in [2.24, 2.45) is 5.92 Å². The van der Waals surface area contributed by atoms with E-state index in [9.17, 15) is 31.2 Å². The van der Waals surface area contributed by atoms with Crippen molar-refractivity contribution in [1.82, 2.24) is 10.3 Å². The molecule has 0 bridgehead atoms. The molecule has 0 radical (unpaired) electrons. The van der Waals surface area contributed by atoms with Gasteiger partial charge in [-0.2, -0.15) is 13.2 Å². The summed E-state index contributed by atoms with van der Waals surface area (Å²) in [6.45, 7) is 0. The number of rotatable bonds is 4. The maximum atomic E-state index is 13.2. The van der Waals surface area contributed by atoms with E-state index in [4.69, 9.17) is 11.6 Å².